The van der Waals surface area contributed by atoms with Crippen LogP contribution in [0.1, 0.15) is 0 Å². The van der Waals surface area contributed by atoms with Crippen LogP contribution in [0, 0.1) is 7.11 Å². The van der Waals surface area contributed by atoms with Gasteiger partial charge in [-0.15, -0.1) is 0 Å². The largest absolute Gasteiger partial charge is 0.482 e. The van der Waals surface area contributed by atoms with E-state index in [1.807, 2.05) is 0 Å². The van der Waals surface area contributed by atoms with E-state index in [1.165, 1.54) is 5.94 Å². The molecule has 0 saturated heterocycles. The van der Waals surface area contributed by atoms with Gasteiger partial charge in [-0.1, -0.05) is 0 Å². The molecule has 0 aromatic carbocycles. The fourth-order valence-corrected chi connectivity index (χ4v) is 0.232. The molecule has 0 aliphatic carbocycles. The van der Waals surface area contributed by atoms with E-state index in [1.54, 1.807) is 0 Å². The van der Waals surface area contributed by atoms with Gasteiger partial charge < -0.3 is 9.47 Å². The van der Waals surface area contributed by atoms with Crippen LogP contribution < -0.4 is 0 Å². The molecule has 1 radical (unpaired) electrons. The normalized spacial score (nSPS) is 7.33. The van der Waals surface area contributed by atoms with Crippen LogP contribution >= 0.6 is 0 Å². The summed E-state index contributed by atoms with van der Waals surface area (Å²) in [6, 6.07) is 0. The fraction of sp³-hybridized carbons (Fsp3) is 0.200. The maximum atomic E-state index is 10.3. The highest BCUT2D eigenvalue weighted by molar-refractivity contribution is 5.94. The SMILES string of the molecule is [CH2]OC(=O)C(=C=O)OC. The molecule has 0 bridgehead atoms. The Hall–Kier alpha value is -1.28. The zero-order valence-corrected chi connectivity index (χ0v) is 4.84. The number of rotatable bonds is 2. The van der Waals surface area contributed by atoms with E-state index in [-0.39, 0.29) is 0 Å². The summed E-state index contributed by atoms with van der Waals surface area (Å²) in [5, 5.41) is 0. The van der Waals surface area contributed by atoms with Gasteiger partial charge in [0.25, 0.3) is 5.76 Å². The second kappa shape index (κ2) is 3.69. The van der Waals surface area contributed by atoms with Crippen LogP contribution in [0.5, 0.6) is 0 Å². The summed E-state index contributed by atoms with van der Waals surface area (Å²) in [5.41, 5.74) is 0. The lowest BCUT2D eigenvalue weighted by Gasteiger charge is -1.95. The van der Waals surface area contributed by atoms with Gasteiger partial charge in [0.05, 0.1) is 7.11 Å². The minimum atomic E-state index is -0.924. The third-order valence-corrected chi connectivity index (χ3v) is 0.613. The van der Waals surface area contributed by atoms with Crippen molar-refractivity contribution in [1.82, 2.24) is 0 Å². The van der Waals surface area contributed by atoms with Crippen molar-refractivity contribution in [3.8, 4) is 0 Å². The molecular weight excluding hydrogens is 124 g/mol. The van der Waals surface area contributed by atoms with Gasteiger partial charge in [0.15, 0.2) is 5.94 Å². The second-order valence-electron chi connectivity index (χ2n) is 1.07. The summed E-state index contributed by atoms with van der Waals surface area (Å²) >= 11 is 0. The first kappa shape index (κ1) is 7.72. The summed E-state index contributed by atoms with van der Waals surface area (Å²) in [6.07, 6.45) is 0. The van der Waals surface area contributed by atoms with Crippen LogP contribution in [-0.2, 0) is 19.1 Å². The van der Waals surface area contributed by atoms with Gasteiger partial charge in [-0.05, 0) is 0 Å². The van der Waals surface area contributed by atoms with Gasteiger partial charge in [-0.3, -0.25) is 0 Å². The predicted octanol–water partition coefficient (Wildman–Crippen LogP) is -0.317. The smallest absolute Gasteiger partial charge is 0.385 e. The van der Waals surface area contributed by atoms with Crippen LogP contribution in [0.4, 0.5) is 0 Å². The highest BCUT2D eigenvalue weighted by Crippen LogP contribution is 1.90. The Kier molecular flexibility index (Phi) is 3.16. The van der Waals surface area contributed by atoms with Gasteiger partial charge in [0.2, 0.25) is 0 Å². The lowest BCUT2D eigenvalue weighted by atomic mass is 10.6. The van der Waals surface area contributed by atoms with Crippen LogP contribution in [0.3, 0.4) is 0 Å². The highest BCUT2D eigenvalue weighted by Gasteiger charge is 2.09. The molecule has 0 fully saturated rings. The first-order valence-corrected chi connectivity index (χ1v) is 2.01. The number of ether oxygens (including phenoxy) is 2. The minimum absolute atomic E-state index is 0.509. The van der Waals surface area contributed by atoms with E-state index in [0.717, 1.165) is 7.11 Å². The third kappa shape index (κ3) is 1.97. The van der Waals surface area contributed by atoms with Crippen LogP contribution in [0.25, 0.3) is 0 Å². The second-order valence-corrected chi connectivity index (χ2v) is 1.07. The van der Waals surface area contributed by atoms with Crippen LogP contribution in [-0.4, -0.2) is 19.0 Å². The average Bonchev–Trinajstić information content (AvgIpc) is 1.90. The van der Waals surface area contributed by atoms with Crippen molar-refractivity contribution in [3.05, 3.63) is 12.9 Å². The van der Waals surface area contributed by atoms with Crippen molar-refractivity contribution >= 4 is 11.9 Å². The first-order chi connectivity index (χ1) is 4.26. The van der Waals surface area contributed by atoms with E-state index in [0.29, 0.717) is 0 Å². The molecule has 4 nitrogen and oxygen atoms in total. The van der Waals surface area contributed by atoms with Crippen molar-refractivity contribution in [2.24, 2.45) is 0 Å². The molecule has 0 saturated carbocycles. The Morgan fingerprint density at radius 1 is 1.67 bits per heavy atom. The fourth-order valence-electron chi connectivity index (χ4n) is 0.232. The number of carbonyl (C=O) groups is 1. The van der Waals surface area contributed by atoms with E-state index >= 15 is 0 Å². The third-order valence-electron chi connectivity index (χ3n) is 0.613. The maximum Gasteiger partial charge on any atom is 0.385 e. The molecule has 0 unspecified atom stereocenters. The molecule has 0 spiro atoms. The topological polar surface area (TPSA) is 52.6 Å². The Balaban J connectivity index is 4.14. The number of hydrogen-bond acceptors (Lipinski definition) is 4. The van der Waals surface area contributed by atoms with Gasteiger partial charge in [0, 0.05) is 0 Å². The molecule has 0 aliphatic heterocycles. The van der Waals surface area contributed by atoms with E-state index < -0.39 is 11.7 Å². The van der Waals surface area contributed by atoms with E-state index in [4.69, 9.17) is 0 Å². The Bertz CT molecular complexity index is 154. The first-order valence-electron chi connectivity index (χ1n) is 2.01. The molecule has 4 heteroatoms. The van der Waals surface area contributed by atoms with Crippen molar-refractivity contribution in [1.29, 1.82) is 0 Å². The Labute approximate surface area is 52.1 Å². The number of carbonyl (C=O) groups excluding carboxylic acids is 2. The van der Waals surface area contributed by atoms with Gasteiger partial charge in [0.1, 0.15) is 7.11 Å². The quantitative estimate of drug-likeness (QED) is 0.222. The van der Waals surface area contributed by atoms with Gasteiger partial charge >= 0.3 is 5.97 Å². The van der Waals surface area contributed by atoms with Gasteiger partial charge in [-0.25, -0.2) is 9.59 Å². The summed E-state index contributed by atoms with van der Waals surface area (Å²) < 4.78 is 8.11. The summed E-state index contributed by atoms with van der Waals surface area (Å²) in [5.74, 6) is -0.201. The van der Waals surface area contributed by atoms with Crippen LogP contribution in [0.15, 0.2) is 5.76 Å². The Morgan fingerprint density at radius 2 is 2.22 bits per heavy atom. The molecular formula is C5H5O4. The lowest BCUT2D eigenvalue weighted by Crippen LogP contribution is -2.05. The predicted molar refractivity (Wildman–Crippen MR) is 27.7 cm³/mol. The molecule has 0 atom stereocenters. The zero-order chi connectivity index (χ0) is 7.28. The summed E-state index contributed by atoms with van der Waals surface area (Å²) in [6.45, 7) is 0. The molecule has 0 aliphatic rings. The highest BCUT2D eigenvalue weighted by atomic mass is 16.6. The monoisotopic (exact) mass is 129 g/mol. The number of hydrogen-bond donors (Lipinski definition) is 0. The standard InChI is InChI=1S/C5H5O4/c1-8-4(3-6)5(7)9-2/h2H2,1H3. The van der Waals surface area contributed by atoms with Crippen molar-refractivity contribution in [3.63, 3.8) is 0 Å². The molecule has 0 aromatic heterocycles. The molecule has 0 aromatic rings. The van der Waals surface area contributed by atoms with Crippen molar-refractivity contribution in [2.75, 3.05) is 7.11 Å². The molecule has 0 amide bonds. The molecule has 0 rings (SSSR count). The number of methoxy groups -OCH3 is 1. The molecule has 0 N–H and O–H groups in total. The summed E-state index contributed by atoms with van der Waals surface area (Å²) in [4.78, 5) is 20.0. The molecule has 49 valence electrons. The molecule has 0 heterocycles. The van der Waals surface area contributed by atoms with E-state index in [2.05, 4.69) is 16.6 Å². The minimum Gasteiger partial charge on any atom is -0.482 e. The van der Waals surface area contributed by atoms with Crippen LogP contribution in [0.2, 0.25) is 0 Å². The zero-order valence-electron chi connectivity index (χ0n) is 4.84. The maximum absolute atomic E-state index is 10.3. The molecule has 9 heavy (non-hydrogen) atoms. The van der Waals surface area contributed by atoms with E-state index in [9.17, 15) is 9.59 Å². The number of esters is 1. The van der Waals surface area contributed by atoms with Crippen molar-refractivity contribution in [2.45, 2.75) is 0 Å². The Morgan fingerprint density at radius 3 is 2.33 bits per heavy atom. The summed E-state index contributed by atoms with van der Waals surface area (Å²) in [7, 11) is 3.94. The van der Waals surface area contributed by atoms with Crippen molar-refractivity contribution < 1.29 is 19.1 Å². The van der Waals surface area contributed by atoms with Gasteiger partial charge in [-0.2, -0.15) is 0 Å². The lowest BCUT2D eigenvalue weighted by molar-refractivity contribution is -0.137. The average molecular weight is 129 g/mol.